The van der Waals surface area contributed by atoms with E-state index in [-0.39, 0.29) is 0 Å². The van der Waals surface area contributed by atoms with E-state index in [0.717, 1.165) is 81.9 Å². The summed E-state index contributed by atoms with van der Waals surface area (Å²) in [5, 5.41) is 3.29. The van der Waals surface area contributed by atoms with E-state index in [1.807, 2.05) is 0 Å². The minimum atomic E-state index is 0.915. The highest BCUT2D eigenvalue weighted by Crippen LogP contribution is 2.21. The van der Waals surface area contributed by atoms with Crippen LogP contribution in [-0.2, 0) is 12.8 Å². The third-order valence-corrected chi connectivity index (χ3v) is 6.17. The fourth-order valence-corrected chi connectivity index (χ4v) is 3.94. The molecule has 0 radical (unpaired) electrons. The first-order valence-corrected chi connectivity index (χ1v) is 14.9. The lowest BCUT2D eigenvalue weighted by molar-refractivity contribution is 0.815. The van der Waals surface area contributed by atoms with Crippen LogP contribution in [-0.4, -0.2) is 55.8 Å². The molecule has 0 aliphatic carbocycles. The molecule has 6 nitrogen and oxygen atoms in total. The summed E-state index contributed by atoms with van der Waals surface area (Å²) >= 11 is 0. The van der Waals surface area contributed by atoms with E-state index in [2.05, 4.69) is 125 Å². The van der Waals surface area contributed by atoms with Gasteiger partial charge >= 0.3 is 0 Å². The van der Waals surface area contributed by atoms with Gasteiger partial charge in [0, 0.05) is 45.8 Å². The molecule has 2 heterocycles. The maximum Gasteiger partial charge on any atom is 0.131 e. The van der Waals surface area contributed by atoms with Gasteiger partial charge in [-0.3, -0.25) is 0 Å². The van der Waals surface area contributed by atoms with E-state index in [4.69, 9.17) is 4.98 Å². The van der Waals surface area contributed by atoms with Crippen molar-refractivity contribution in [1.82, 2.24) is 9.97 Å². The Hall–Kier alpha value is -2.50. The highest BCUT2D eigenvalue weighted by atomic mass is 15.2. The molecule has 0 aliphatic rings. The Morgan fingerprint density at radius 3 is 1.14 bits per heavy atom. The van der Waals surface area contributed by atoms with E-state index in [9.17, 15) is 0 Å². The molecule has 0 saturated heterocycles. The Bertz CT molecular complexity index is 796. The van der Waals surface area contributed by atoms with Gasteiger partial charge in [-0.2, -0.15) is 0 Å². The fourth-order valence-electron chi connectivity index (χ4n) is 3.94. The molecule has 2 aromatic rings. The van der Waals surface area contributed by atoms with Crippen molar-refractivity contribution in [3.8, 4) is 0 Å². The molecule has 0 amide bonds. The van der Waals surface area contributed by atoms with E-state index in [0.29, 0.717) is 0 Å². The van der Waals surface area contributed by atoms with E-state index >= 15 is 0 Å². The maximum atomic E-state index is 4.82. The predicted molar refractivity (Wildman–Crippen MR) is 168 cm³/mol. The first kappa shape index (κ1) is 34.5. The van der Waals surface area contributed by atoms with Crippen molar-refractivity contribution in [2.75, 3.05) is 65.8 Å². The zero-order valence-electron chi connectivity index (χ0n) is 26.1. The summed E-state index contributed by atoms with van der Waals surface area (Å²) in [5.74, 6) is 4.30. The van der Waals surface area contributed by atoms with Crippen LogP contribution in [0.25, 0.3) is 0 Å². The molecule has 2 rings (SSSR count). The number of aromatic nitrogens is 2. The Morgan fingerprint density at radius 2 is 0.838 bits per heavy atom. The number of hydrogen-bond donors (Lipinski definition) is 1. The quantitative estimate of drug-likeness (QED) is 0.296. The lowest BCUT2D eigenvalue weighted by atomic mass is 10.2. The van der Waals surface area contributed by atoms with Crippen LogP contribution >= 0.6 is 0 Å². The number of hydrogen-bond acceptors (Lipinski definition) is 6. The highest BCUT2D eigenvalue weighted by molar-refractivity contribution is 5.52. The number of nitrogens with one attached hydrogen (secondary N) is 1. The molecule has 0 saturated carbocycles. The van der Waals surface area contributed by atoms with Gasteiger partial charge in [-0.05, 0) is 96.7 Å². The van der Waals surface area contributed by atoms with Crippen molar-refractivity contribution in [3.05, 3.63) is 35.4 Å². The second kappa shape index (κ2) is 20.5. The molecule has 0 bridgehead atoms. The van der Waals surface area contributed by atoms with Crippen LogP contribution in [0.4, 0.5) is 23.3 Å². The second-order valence-corrected chi connectivity index (χ2v) is 8.87. The summed E-state index contributed by atoms with van der Waals surface area (Å²) < 4.78 is 0. The standard InChI is InChI=1S/C15H27N3.C13H23N3.C3H8/c1-6-13-11-14(17(7-2)8-3)16-15(12-13)18(9-4)10-5;1-5-11-9-12(14-6-2)15-13(10-11)16(7-3)8-4;1-3-2/h11-12H,6-10H2,1-5H3;9-10H,5-8H2,1-4H3,(H,14,15);3H2,1-2H3. The Balaban J connectivity index is 0.000000637. The van der Waals surface area contributed by atoms with E-state index in [1.54, 1.807) is 0 Å². The molecule has 0 spiro atoms. The average Bonchev–Trinajstić information content (AvgIpc) is 2.91. The molecule has 37 heavy (non-hydrogen) atoms. The fraction of sp³-hybridized carbons (Fsp3) is 0.677. The van der Waals surface area contributed by atoms with Gasteiger partial charge in [0.2, 0.25) is 0 Å². The predicted octanol–water partition coefficient (Wildman–Crippen LogP) is 7.67. The lowest BCUT2D eigenvalue weighted by Gasteiger charge is -2.25. The number of anilines is 4. The smallest absolute Gasteiger partial charge is 0.131 e. The van der Waals surface area contributed by atoms with Crippen molar-refractivity contribution >= 4 is 23.3 Å². The lowest BCUT2D eigenvalue weighted by Crippen LogP contribution is -2.26. The van der Waals surface area contributed by atoms with Gasteiger partial charge in [0.25, 0.3) is 0 Å². The Kier molecular flexibility index (Phi) is 19.2. The molecule has 212 valence electrons. The van der Waals surface area contributed by atoms with Crippen LogP contribution in [0.5, 0.6) is 0 Å². The normalized spacial score (nSPS) is 10.0. The third kappa shape index (κ3) is 12.1. The molecule has 6 heteroatoms. The highest BCUT2D eigenvalue weighted by Gasteiger charge is 2.10. The third-order valence-electron chi connectivity index (χ3n) is 6.17. The van der Waals surface area contributed by atoms with Crippen LogP contribution in [0, 0.1) is 0 Å². The topological polar surface area (TPSA) is 47.5 Å². The Labute approximate surface area is 229 Å². The van der Waals surface area contributed by atoms with Gasteiger partial charge in [0.15, 0.2) is 0 Å². The van der Waals surface area contributed by atoms with E-state index < -0.39 is 0 Å². The van der Waals surface area contributed by atoms with Gasteiger partial charge in [-0.25, -0.2) is 9.97 Å². The Morgan fingerprint density at radius 1 is 0.514 bits per heavy atom. The first-order valence-electron chi connectivity index (χ1n) is 14.9. The first-order chi connectivity index (χ1) is 17.9. The van der Waals surface area contributed by atoms with Crippen LogP contribution in [0.3, 0.4) is 0 Å². The van der Waals surface area contributed by atoms with Gasteiger partial charge in [0.1, 0.15) is 23.3 Å². The van der Waals surface area contributed by atoms with Gasteiger partial charge in [-0.15, -0.1) is 0 Å². The molecular formula is C31H58N6. The molecule has 1 N–H and O–H groups in total. The van der Waals surface area contributed by atoms with Crippen molar-refractivity contribution in [3.63, 3.8) is 0 Å². The summed E-state index contributed by atoms with van der Waals surface area (Å²) in [6.07, 6.45) is 3.36. The zero-order chi connectivity index (χ0) is 28.2. The molecule has 0 unspecified atom stereocenters. The minimum absolute atomic E-state index is 0.915. The van der Waals surface area contributed by atoms with Crippen molar-refractivity contribution < 1.29 is 0 Å². The summed E-state index contributed by atoms with van der Waals surface area (Å²) in [5.41, 5.74) is 2.71. The number of aryl methyl sites for hydroxylation is 2. The molecular weight excluding hydrogens is 456 g/mol. The number of rotatable bonds is 13. The van der Waals surface area contributed by atoms with Crippen molar-refractivity contribution in [2.24, 2.45) is 0 Å². The van der Waals surface area contributed by atoms with Crippen molar-refractivity contribution in [1.29, 1.82) is 0 Å². The van der Waals surface area contributed by atoms with Gasteiger partial charge in [-0.1, -0.05) is 34.1 Å². The molecule has 0 aromatic carbocycles. The molecule has 0 atom stereocenters. The molecule has 0 fully saturated rings. The van der Waals surface area contributed by atoms with Crippen LogP contribution in [0.15, 0.2) is 24.3 Å². The van der Waals surface area contributed by atoms with Crippen molar-refractivity contribution in [2.45, 2.75) is 95.4 Å². The average molecular weight is 515 g/mol. The maximum absolute atomic E-state index is 4.82. The monoisotopic (exact) mass is 514 g/mol. The molecule has 0 aliphatic heterocycles. The summed E-state index contributed by atoms with van der Waals surface area (Å²) in [7, 11) is 0. The SMILES string of the molecule is CCC.CCNc1cc(CC)cc(N(CC)CC)n1.CCc1cc(N(CC)CC)nc(N(CC)CC)c1. The zero-order valence-corrected chi connectivity index (χ0v) is 26.1. The van der Waals surface area contributed by atoms with Gasteiger partial charge in [0.05, 0.1) is 0 Å². The van der Waals surface area contributed by atoms with Crippen LogP contribution in [0.2, 0.25) is 0 Å². The summed E-state index contributed by atoms with van der Waals surface area (Å²) in [6, 6.07) is 8.77. The minimum Gasteiger partial charge on any atom is -0.370 e. The second-order valence-electron chi connectivity index (χ2n) is 8.87. The van der Waals surface area contributed by atoms with Crippen LogP contribution in [0.1, 0.15) is 93.7 Å². The number of pyridine rings is 2. The summed E-state index contributed by atoms with van der Waals surface area (Å²) in [6.45, 7) is 30.7. The molecule has 2 aromatic heterocycles. The van der Waals surface area contributed by atoms with Gasteiger partial charge < -0.3 is 20.0 Å². The summed E-state index contributed by atoms with van der Waals surface area (Å²) in [4.78, 5) is 16.3. The van der Waals surface area contributed by atoms with E-state index in [1.165, 1.54) is 17.5 Å². The van der Waals surface area contributed by atoms with Crippen LogP contribution < -0.4 is 20.0 Å². The number of nitrogens with zero attached hydrogens (tertiary/aromatic N) is 5. The largest absolute Gasteiger partial charge is 0.370 e.